The summed E-state index contributed by atoms with van der Waals surface area (Å²) in [5, 5.41) is -4.98. The summed E-state index contributed by atoms with van der Waals surface area (Å²) in [5.74, 6) is -2.63. The number of hydrogen-bond acceptors (Lipinski definition) is 6. The molecule has 0 saturated heterocycles. The molecule has 2 fully saturated rings. The van der Waals surface area contributed by atoms with Crippen LogP contribution >= 0.6 is 0 Å². The van der Waals surface area contributed by atoms with E-state index in [0.29, 0.717) is 19.3 Å². The van der Waals surface area contributed by atoms with Gasteiger partial charge in [0.25, 0.3) is 0 Å². The third-order valence-electron chi connectivity index (χ3n) is 5.62. The predicted molar refractivity (Wildman–Crippen MR) is 85.7 cm³/mol. The Morgan fingerprint density at radius 3 is 2.19 bits per heavy atom. The van der Waals surface area contributed by atoms with Crippen molar-refractivity contribution in [2.45, 2.75) is 57.8 Å². The summed E-state index contributed by atoms with van der Waals surface area (Å²) in [4.78, 5) is 23.4. The largest absolute Gasteiger partial charge is 0.465 e. The van der Waals surface area contributed by atoms with Gasteiger partial charge in [-0.05, 0) is 57.3 Å². The lowest BCUT2D eigenvalue weighted by Crippen LogP contribution is -2.40. The molecule has 0 aliphatic heterocycles. The molecule has 150 valence electrons. The Kier molecular flexibility index (Phi) is 5.68. The number of carbonyl (C=O) groups is 2. The van der Waals surface area contributed by atoms with Gasteiger partial charge in [-0.3, -0.25) is 9.35 Å². The number of halogens is 2. The third kappa shape index (κ3) is 4.00. The normalized spacial score (nSPS) is 28.8. The van der Waals surface area contributed by atoms with E-state index in [2.05, 4.69) is 4.74 Å². The van der Waals surface area contributed by atoms with Gasteiger partial charge in [0.1, 0.15) is 6.10 Å². The molecule has 7 nitrogen and oxygen atoms in total. The summed E-state index contributed by atoms with van der Waals surface area (Å²) in [6.45, 7) is 5.15. The minimum atomic E-state index is -5.86. The molecule has 2 bridgehead atoms. The zero-order valence-corrected chi connectivity index (χ0v) is 15.7. The van der Waals surface area contributed by atoms with Crippen molar-refractivity contribution >= 4 is 22.1 Å². The number of fused-ring (bicyclic) bond motifs is 2. The molecule has 4 unspecified atom stereocenters. The van der Waals surface area contributed by atoms with Gasteiger partial charge in [0.15, 0.2) is 0 Å². The van der Waals surface area contributed by atoms with Crippen LogP contribution in [0.2, 0.25) is 0 Å². The molecule has 0 amide bonds. The van der Waals surface area contributed by atoms with E-state index < -0.39 is 26.8 Å². The van der Waals surface area contributed by atoms with Gasteiger partial charge < -0.3 is 9.47 Å². The molecule has 2 saturated carbocycles. The molecule has 0 radical (unpaired) electrons. The summed E-state index contributed by atoms with van der Waals surface area (Å²) >= 11 is 0. The first kappa shape index (κ1) is 21.0. The van der Waals surface area contributed by atoms with Crippen molar-refractivity contribution in [1.82, 2.24) is 0 Å². The van der Waals surface area contributed by atoms with Crippen molar-refractivity contribution in [3.8, 4) is 0 Å². The van der Waals surface area contributed by atoms with Gasteiger partial charge in [0.2, 0.25) is 0 Å². The molecule has 26 heavy (non-hydrogen) atoms. The summed E-state index contributed by atoms with van der Waals surface area (Å²) in [6.07, 6.45) is 2.26. The summed E-state index contributed by atoms with van der Waals surface area (Å²) < 4.78 is 65.8. The minimum absolute atomic E-state index is 0.0506. The van der Waals surface area contributed by atoms with Crippen LogP contribution < -0.4 is 0 Å². The summed E-state index contributed by atoms with van der Waals surface area (Å²) in [6, 6.07) is 0. The van der Waals surface area contributed by atoms with E-state index in [1.165, 1.54) is 0 Å². The highest BCUT2D eigenvalue weighted by Crippen LogP contribution is 2.50. The Morgan fingerprint density at radius 1 is 1.12 bits per heavy atom. The molecule has 2 aliphatic carbocycles. The van der Waals surface area contributed by atoms with E-state index in [1.807, 2.05) is 6.92 Å². The number of carbonyl (C=O) groups excluding carboxylic acids is 2. The average molecular weight is 398 g/mol. The molecule has 2 rings (SSSR count). The Bertz CT molecular complexity index is 674. The van der Waals surface area contributed by atoms with Crippen molar-refractivity contribution in [3.63, 3.8) is 0 Å². The Balaban J connectivity index is 1.86. The second-order valence-electron chi connectivity index (χ2n) is 7.76. The lowest BCUT2D eigenvalue weighted by atomic mass is 9.87. The minimum Gasteiger partial charge on any atom is -0.462 e. The van der Waals surface area contributed by atoms with Gasteiger partial charge in [-0.15, -0.1) is 0 Å². The van der Waals surface area contributed by atoms with Crippen LogP contribution in [-0.4, -0.2) is 42.9 Å². The van der Waals surface area contributed by atoms with Gasteiger partial charge in [-0.25, -0.2) is 4.79 Å². The van der Waals surface area contributed by atoms with Crippen LogP contribution in [0.1, 0.15) is 46.5 Å². The standard InChI is InChI=1S/C16H24F2O7S/c1-4-15(2,3)13(19)25-12-7-9-5-10(12)6-11(9)8-24-14(20)16(17,18)26(21,22)23/h9-12H,4-8H2,1-3H3,(H,21,22,23). The molecule has 4 atom stereocenters. The van der Waals surface area contributed by atoms with Crippen LogP contribution in [0.25, 0.3) is 0 Å². The van der Waals surface area contributed by atoms with E-state index in [1.54, 1.807) is 13.8 Å². The predicted octanol–water partition coefficient (Wildman–Crippen LogP) is 2.40. The van der Waals surface area contributed by atoms with Crippen LogP contribution in [0, 0.1) is 23.2 Å². The van der Waals surface area contributed by atoms with E-state index in [4.69, 9.17) is 9.29 Å². The van der Waals surface area contributed by atoms with E-state index >= 15 is 0 Å². The molecule has 0 aromatic carbocycles. The van der Waals surface area contributed by atoms with Crippen LogP contribution in [0.3, 0.4) is 0 Å². The quantitative estimate of drug-likeness (QED) is 0.518. The van der Waals surface area contributed by atoms with Gasteiger partial charge in [0, 0.05) is 0 Å². The topological polar surface area (TPSA) is 107 Å². The fraction of sp³-hybridized carbons (Fsp3) is 0.875. The highest BCUT2D eigenvalue weighted by molar-refractivity contribution is 7.87. The van der Waals surface area contributed by atoms with Gasteiger partial charge in [-0.2, -0.15) is 17.2 Å². The van der Waals surface area contributed by atoms with Crippen molar-refractivity contribution in [1.29, 1.82) is 0 Å². The highest BCUT2D eigenvalue weighted by atomic mass is 32.2. The summed E-state index contributed by atoms with van der Waals surface area (Å²) in [7, 11) is -5.86. The van der Waals surface area contributed by atoms with Crippen molar-refractivity contribution in [2.75, 3.05) is 6.61 Å². The molecular weight excluding hydrogens is 374 g/mol. The van der Waals surface area contributed by atoms with E-state index in [9.17, 15) is 26.8 Å². The molecule has 2 aliphatic rings. The van der Waals surface area contributed by atoms with Crippen LogP contribution in [0.4, 0.5) is 8.78 Å². The van der Waals surface area contributed by atoms with Crippen LogP contribution in [0.15, 0.2) is 0 Å². The fourth-order valence-corrected chi connectivity index (χ4v) is 3.77. The number of hydrogen-bond donors (Lipinski definition) is 1. The first-order valence-electron chi connectivity index (χ1n) is 8.52. The number of alkyl halides is 2. The average Bonchev–Trinajstić information content (AvgIpc) is 3.10. The second-order valence-corrected chi connectivity index (χ2v) is 9.22. The molecular formula is C16H24F2O7S. The maximum atomic E-state index is 13.2. The lowest BCUT2D eigenvalue weighted by Gasteiger charge is -2.30. The highest BCUT2D eigenvalue weighted by Gasteiger charge is 2.55. The summed E-state index contributed by atoms with van der Waals surface area (Å²) in [5.41, 5.74) is -0.571. The van der Waals surface area contributed by atoms with Crippen LogP contribution in [-0.2, 0) is 29.2 Å². The Morgan fingerprint density at radius 2 is 1.73 bits per heavy atom. The molecule has 1 N–H and O–H groups in total. The zero-order valence-electron chi connectivity index (χ0n) is 14.9. The van der Waals surface area contributed by atoms with Crippen molar-refractivity contribution in [3.05, 3.63) is 0 Å². The maximum Gasteiger partial charge on any atom is 0.465 e. The zero-order chi connectivity index (χ0) is 19.9. The molecule has 0 heterocycles. The SMILES string of the molecule is CCC(C)(C)C(=O)OC1CC2CC1CC2COC(=O)C(F)(F)S(=O)(=O)O. The Labute approximate surface area is 151 Å². The molecule has 10 heteroatoms. The van der Waals surface area contributed by atoms with Crippen molar-refractivity contribution in [2.24, 2.45) is 23.2 Å². The number of esters is 2. The fourth-order valence-electron chi connectivity index (χ4n) is 3.50. The number of rotatable bonds is 7. The monoisotopic (exact) mass is 398 g/mol. The maximum absolute atomic E-state index is 13.2. The second kappa shape index (κ2) is 7.03. The van der Waals surface area contributed by atoms with Gasteiger partial charge >= 0.3 is 27.3 Å². The third-order valence-corrected chi connectivity index (χ3v) is 6.44. The van der Waals surface area contributed by atoms with Crippen molar-refractivity contribution < 1.29 is 40.8 Å². The smallest absolute Gasteiger partial charge is 0.462 e. The van der Waals surface area contributed by atoms with Crippen LogP contribution in [0.5, 0.6) is 0 Å². The first-order chi connectivity index (χ1) is 11.8. The van der Waals surface area contributed by atoms with Gasteiger partial charge in [0.05, 0.1) is 12.0 Å². The van der Waals surface area contributed by atoms with E-state index in [0.717, 1.165) is 6.42 Å². The molecule has 0 aromatic heterocycles. The Hall–Kier alpha value is -1.29. The molecule has 0 spiro atoms. The first-order valence-corrected chi connectivity index (χ1v) is 9.96. The van der Waals surface area contributed by atoms with Gasteiger partial charge in [-0.1, -0.05) is 6.92 Å². The lowest BCUT2D eigenvalue weighted by molar-refractivity contribution is -0.165. The van der Waals surface area contributed by atoms with E-state index in [-0.39, 0.29) is 36.4 Å². The molecule has 0 aromatic rings. The number of ether oxygens (including phenoxy) is 2.